The van der Waals surface area contributed by atoms with Gasteiger partial charge in [0.25, 0.3) is 0 Å². The summed E-state index contributed by atoms with van der Waals surface area (Å²) in [5.41, 5.74) is 1.86. The molecule has 1 unspecified atom stereocenters. The van der Waals surface area contributed by atoms with Crippen molar-refractivity contribution in [3.05, 3.63) is 42.0 Å². The summed E-state index contributed by atoms with van der Waals surface area (Å²) in [7, 11) is 0. The molecule has 2 aromatic carbocycles. The van der Waals surface area contributed by atoms with Crippen LogP contribution in [0.4, 0.5) is 0 Å². The molecular weight excluding hydrogens is 316 g/mol. The molecule has 25 heavy (non-hydrogen) atoms. The number of hydrogen-bond donors (Lipinski definition) is 2. The Morgan fingerprint density at radius 3 is 3.04 bits per heavy atom. The van der Waals surface area contributed by atoms with Crippen LogP contribution < -0.4 is 10.1 Å². The van der Waals surface area contributed by atoms with E-state index in [-0.39, 0.29) is 6.61 Å². The van der Waals surface area contributed by atoms with Crippen molar-refractivity contribution in [1.82, 2.24) is 5.32 Å². The Hall–Kier alpha value is -2.11. The number of oxime groups is 1. The fraction of sp³-hybridized carbons (Fsp3) is 0.450. The lowest BCUT2D eigenvalue weighted by atomic mass is 10.0. The second kappa shape index (κ2) is 8.83. The Balaban J connectivity index is 1.73. The average molecular weight is 342 g/mol. The first-order chi connectivity index (χ1) is 12.3. The van der Waals surface area contributed by atoms with Crippen LogP contribution >= 0.6 is 0 Å². The number of hydrogen-bond acceptors (Lipinski definition) is 5. The van der Waals surface area contributed by atoms with Gasteiger partial charge in [-0.25, -0.2) is 0 Å². The molecule has 2 aromatic rings. The maximum absolute atomic E-state index is 9.92. The van der Waals surface area contributed by atoms with Crippen LogP contribution in [-0.4, -0.2) is 43.2 Å². The lowest BCUT2D eigenvalue weighted by Gasteiger charge is -2.12. The molecule has 0 aromatic heterocycles. The number of nitrogens with one attached hydrogen (secondary N) is 1. The van der Waals surface area contributed by atoms with Gasteiger partial charge in [-0.05, 0) is 37.3 Å². The lowest BCUT2D eigenvalue weighted by Crippen LogP contribution is -2.30. The summed E-state index contributed by atoms with van der Waals surface area (Å²) in [6.45, 7) is 4.36. The molecule has 0 bridgehead atoms. The number of nitrogens with zero attached hydrogens (tertiary/aromatic N) is 1. The third-order valence-electron chi connectivity index (χ3n) is 4.24. The van der Waals surface area contributed by atoms with Crippen molar-refractivity contribution in [2.24, 2.45) is 5.16 Å². The molecule has 0 aliphatic carbocycles. The summed E-state index contributed by atoms with van der Waals surface area (Å²) >= 11 is 0. The van der Waals surface area contributed by atoms with E-state index in [1.54, 1.807) is 0 Å². The molecule has 0 saturated carbocycles. The van der Waals surface area contributed by atoms with Crippen molar-refractivity contribution in [3.8, 4) is 5.75 Å². The molecule has 5 heteroatoms. The van der Waals surface area contributed by atoms with Crippen LogP contribution in [0.1, 0.15) is 31.7 Å². The van der Waals surface area contributed by atoms with E-state index in [0.717, 1.165) is 53.6 Å². The molecule has 0 radical (unpaired) electrons. The van der Waals surface area contributed by atoms with Crippen molar-refractivity contribution >= 4 is 16.5 Å². The highest BCUT2D eigenvalue weighted by Gasteiger charge is 2.18. The summed E-state index contributed by atoms with van der Waals surface area (Å²) in [4.78, 5) is 5.43. The Kier molecular flexibility index (Phi) is 6.25. The Bertz CT molecular complexity index is 730. The largest absolute Gasteiger partial charge is 0.492 e. The van der Waals surface area contributed by atoms with Crippen molar-refractivity contribution in [2.75, 3.05) is 26.3 Å². The van der Waals surface area contributed by atoms with E-state index >= 15 is 0 Å². The molecule has 1 atom stereocenters. The van der Waals surface area contributed by atoms with Gasteiger partial charge in [0.2, 0.25) is 0 Å². The number of aliphatic hydroxyl groups excluding tert-OH is 1. The minimum absolute atomic E-state index is 0.185. The molecule has 0 fully saturated rings. The third-order valence-corrected chi connectivity index (χ3v) is 4.24. The molecule has 134 valence electrons. The number of rotatable bonds is 7. The maximum atomic E-state index is 9.92. The molecule has 0 amide bonds. The zero-order valence-corrected chi connectivity index (χ0v) is 14.7. The Morgan fingerprint density at radius 2 is 2.16 bits per heavy atom. The molecule has 1 aliphatic rings. The van der Waals surface area contributed by atoms with E-state index < -0.39 is 6.10 Å². The van der Waals surface area contributed by atoms with E-state index in [2.05, 4.69) is 35.6 Å². The maximum Gasteiger partial charge on any atom is 0.144 e. The lowest BCUT2D eigenvalue weighted by molar-refractivity contribution is 0.0403. The second-order valence-corrected chi connectivity index (χ2v) is 6.31. The van der Waals surface area contributed by atoms with Gasteiger partial charge in [0.1, 0.15) is 18.5 Å². The molecule has 2 N–H and O–H groups in total. The van der Waals surface area contributed by atoms with Crippen LogP contribution in [0.3, 0.4) is 0 Å². The minimum atomic E-state index is -0.561. The average Bonchev–Trinajstić information content (AvgIpc) is 2.84. The van der Waals surface area contributed by atoms with Gasteiger partial charge in [0.15, 0.2) is 0 Å². The molecule has 1 aliphatic heterocycles. The van der Waals surface area contributed by atoms with E-state index in [9.17, 15) is 5.11 Å². The van der Waals surface area contributed by atoms with Crippen LogP contribution in [0.25, 0.3) is 10.8 Å². The molecule has 0 spiro atoms. The third kappa shape index (κ3) is 4.50. The van der Waals surface area contributed by atoms with Gasteiger partial charge in [-0.3, -0.25) is 0 Å². The van der Waals surface area contributed by atoms with Gasteiger partial charge in [-0.2, -0.15) is 0 Å². The number of fused-ring (bicyclic) bond motifs is 3. The van der Waals surface area contributed by atoms with E-state index in [4.69, 9.17) is 9.57 Å². The molecular formula is C20H26N2O3. The number of aliphatic hydroxyl groups is 1. The summed E-state index contributed by atoms with van der Waals surface area (Å²) in [6, 6.07) is 12.3. The molecule has 3 rings (SSSR count). The molecule has 0 saturated heterocycles. The smallest absolute Gasteiger partial charge is 0.144 e. The zero-order chi connectivity index (χ0) is 17.5. The topological polar surface area (TPSA) is 63.1 Å². The highest BCUT2D eigenvalue weighted by Crippen LogP contribution is 2.33. The van der Waals surface area contributed by atoms with E-state index in [1.165, 1.54) is 0 Å². The van der Waals surface area contributed by atoms with Gasteiger partial charge in [0.05, 0.1) is 12.3 Å². The van der Waals surface area contributed by atoms with Gasteiger partial charge in [-0.15, -0.1) is 0 Å². The summed E-state index contributed by atoms with van der Waals surface area (Å²) < 4.78 is 5.99. The standard InChI is InChI=1S/C20H26N2O3/c1-2-11-21-13-16(23)14-25-22-19-8-5-12-24-20-17-7-4-3-6-15(17)9-10-18(19)20/h3-4,6-7,9-10,16,21,23H,2,5,8,11-14H2,1H3/b22-19+. The van der Waals surface area contributed by atoms with Crippen molar-refractivity contribution in [2.45, 2.75) is 32.3 Å². The summed E-state index contributed by atoms with van der Waals surface area (Å²) in [5.74, 6) is 0.878. The van der Waals surface area contributed by atoms with Crippen LogP contribution in [-0.2, 0) is 4.84 Å². The van der Waals surface area contributed by atoms with Crippen LogP contribution in [0, 0.1) is 0 Å². The zero-order valence-electron chi connectivity index (χ0n) is 14.7. The first-order valence-corrected chi connectivity index (χ1v) is 9.02. The Labute approximate surface area is 148 Å². The fourth-order valence-corrected chi connectivity index (χ4v) is 2.97. The number of benzene rings is 2. The van der Waals surface area contributed by atoms with Gasteiger partial charge >= 0.3 is 0 Å². The molecule has 1 heterocycles. The van der Waals surface area contributed by atoms with Gasteiger partial charge in [-0.1, -0.05) is 42.4 Å². The highest BCUT2D eigenvalue weighted by molar-refractivity contribution is 6.07. The van der Waals surface area contributed by atoms with Crippen molar-refractivity contribution in [3.63, 3.8) is 0 Å². The van der Waals surface area contributed by atoms with E-state index in [1.807, 2.05) is 18.2 Å². The second-order valence-electron chi connectivity index (χ2n) is 6.31. The van der Waals surface area contributed by atoms with Crippen LogP contribution in [0.2, 0.25) is 0 Å². The van der Waals surface area contributed by atoms with E-state index in [0.29, 0.717) is 13.2 Å². The highest BCUT2D eigenvalue weighted by atomic mass is 16.6. The van der Waals surface area contributed by atoms with Gasteiger partial charge in [0, 0.05) is 17.5 Å². The first kappa shape index (κ1) is 17.7. The van der Waals surface area contributed by atoms with Crippen molar-refractivity contribution < 1.29 is 14.7 Å². The Morgan fingerprint density at radius 1 is 1.28 bits per heavy atom. The first-order valence-electron chi connectivity index (χ1n) is 9.02. The predicted octanol–water partition coefficient (Wildman–Crippen LogP) is 3.09. The fourth-order valence-electron chi connectivity index (χ4n) is 2.97. The number of ether oxygens (including phenoxy) is 1. The molecule has 5 nitrogen and oxygen atoms in total. The van der Waals surface area contributed by atoms with Gasteiger partial charge < -0.3 is 20.0 Å². The van der Waals surface area contributed by atoms with Crippen molar-refractivity contribution in [1.29, 1.82) is 0 Å². The summed E-state index contributed by atoms with van der Waals surface area (Å²) in [5, 5.41) is 19.6. The normalized spacial score (nSPS) is 17.0. The SMILES string of the molecule is CCCNCC(O)CO/N=C1\CCCOc2c1ccc1ccccc21. The van der Waals surface area contributed by atoms with Crippen LogP contribution in [0.15, 0.2) is 41.6 Å². The summed E-state index contributed by atoms with van der Waals surface area (Å²) in [6.07, 6.45) is 2.18. The quantitative estimate of drug-likeness (QED) is 0.599. The monoisotopic (exact) mass is 342 g/mol. The van der Waals surface area contributed by atoms with Crippen LogP contribution in [0.5, 0.6) is 5.75 Å². The predicted molar refractivity (Wildman–Crippen MR) is 100 cm³/mol. The minimum Gasteiger partial charge on any atom is -0.492 e.